The summed E-state index contributed by atoms with van der Waals surface area (Å²) < 4.78 is 0. The highest BCUT2D eigenvalue weighted by Crippen LogP contribution is 2.40. The van der Waals surface area contributed by atoms with Gasteiger partial charge in [0.25, 0.3) is 0 Å². The van der Waals surface area contributed by atoms with Crippen molar-refractivity contribution in [3.05, 3.63) is 71.3 Å². The summed E-state index contributed by atoms with van der Waals surface area (Å²) in [6.07, 6.45) is 1.94. The van der Waals surface area contributed by atoms with E-state index in [-0.39, 0.29) is 5.75 Å². The van der Waals surface area contributed by atoms with E-state index < -0.39 is 8.07 Å². The summed E-state index contributed by atoms with van der Waals surface area (Å²) >= 11 is 0. The van der Waals surface area contributed by atoms with Gasteiger partial charge in [-0.15, -0.1) is 5.54 Å². The fourth-order valence-corrected chi connectivity index (χ4v) is 9.60. The van der Waals surface area contributed by atoms with E-state index >= 15 is 0 Å². The van der Waals surface area contributed by atoms with Crippen LogP contribution in [0.4, 0.5) is 0 Å². The largest absolute Gasteiger partial charge is 0.507 e. The first-order chi connectivity index (χ1) is 13.7. The molecule has 2 aromatic carbocycles. The van der Waals surface area contributed by atoms with Gasteiger partial charge < -0.3 is 5.11 Å². The van der Waals surface area contributed by atoms with Crippen LogP contribution in [0, 0.1) is 22.8 Å². The molecular weight excluding hydrogens is 370 g/mol. The fraction of sp³-hybridized carbons (Fsp3) is 0.346. The van der Waals surface area contributed by atoms with Crippen molar-refractivity contribution in [2.75, 3.05) is 0 Å². The number of phenols is 1. The van der Waals surface area contributed by atoms with Crippen LogP contribution in [-0.2, 0) is 0 Å². The molecule has 3 heteroatoms. The van der Waals surface area contributed by atoms with E-state index in [2.05, 4.69) is 59.1 Å². The van der Waals surface area contributed by atoms with Crippen molar-refractivity contribution in [1.82, 2.24) is 0 Å². The average Bonchev–Trinajstić information content (AvgIpc) is 2.68. The smallest absolute Gasteiger partial charge is 0.146 e. The van der Waals surface area contributed by atoms with Gasteiger partial charge in [-0.3, -0.25) is 0 Å². The minimum Gasteiger partial charge on any atom is -0.507 e. The second kappa shape index (κ2) is 9.64. The zero-order valence-corrected chi connectivity index (χ0v) is 19.3. The molecular formula is C26H31NOSi. The summed E-state index contributed by atoms with van der Waals surface area (Å²) in [7, 11) is -1.84. The van der Waals surface area contributed by atoms with E-state index in [9.17, 15) is 5.11 Å². The summed E-state index contributed by atoms with van der Waals surface area (Å²) in [5.41, 5.74) is 8.58. The van der Waals surface area contributed by atoms with Gasteiger partial charge >= 0.3 is 0 Å². The molecule has 150 valence electrons. The Balaban J connectivity index is 2.64. The molecule has 0 unspecified atom stereocenters. The number of para-hydroxylation sites is 1. The van der Waals surface area contributed by atoms with E-state index in [4.69, 9.17) is 5.26 Å². The van der Waals surface area contributed by atoms with Gasteiger partial charge in [0.1, 0.15) is 13.8 Å². The van der Waals surface area contributed by atoms with Crippen molar-refractivity contribution in [1.29, 1.82) is 5.26 Å². The molecule has 0 saturated carbocycles. The van der Waals surface area contributed by atoms with Crippen LogP contribution in [0.25, 0.3) is 5.57 Å². The van der Waals surface area contributed by atoms with Crippen molar-refractivity contribution < 1.29 is 5.11 Å². The molecule has 0 spiro atoms. The number of hydrogen-bond donors (Lipinski definition) is 1. The first-order valence-electron chi connectivity index (χ1n) is 10.3. The molecule has 0 heterocycles. The summed E-state index contributed by atoms with van der Waals surface area (Å²) in [5, 5.41) is 19.5. The molecule has 0 aliphatic rings. The van der Waals surface area contributed by atoms with Crippen LogP contribution in [-0.4, -0.2) is 13.2 Å². The molecule has 2 rings (SSSR count). The quantitative estimate of drug-likeness (QED) is 0.436. The zero-order valence-electron chi connectivity index (χ0n) is 18.3. The van der Waals surface area contributed by atoms with Crippen molar-refractivity contribution >= 4 is 13.6 Å². The van der Waals surface area contributed by atoms with Crippen LogP contribution < -0.4 is 0 Å². The molecule has 0 saturated heterocycles. The summed E-state index contributed by atoms with van der Waals surface area (Å²) in [6, 6.07) is 16.9. The number of nitrogens with zero attached hydrogens (tertiary/aromatic N) is 1. The number of rotatable bonds is 5. The van der Waals surface area contributed by atoms with Crippen LogP contribution >= 0.6 is 0 Å². The van der Waals surface area contributed by atoms with E-state index in [0.29, 0.717) is 22.2 Å². The van der Waals surface area contributed by atoms with Crippen molar-refractivity contribution in [2.45, 2.75) is 58.2 Å². The van der Waals surface area contributed by atoms with E-state index in [0.717, 1.165) is 16.7 Å². The van der Waals surface area contributed by atoms with Gasteiger partial charge in [-0.05, 0) is 46.5 Å². The third kappa shape index (κ3) is 4.81. The molecule has 0 radical (unpaired) electrons. The Hall–Kier alpha value is -2.75. The molecule has 0 aromatic heterocycles. The molecule has 1 N–H and O–H groups in total. The normalized spacial score (nSPS) is 12.1. The lowest BCUT2D eigenvalue weighted by atomic mass is 9.96. The second-order valence-electron chi connectivity index (χ2n) is 8.43. The molecule has 2 aromatic rings. The minimum absolute atomic E-state index is 0.227. The Morgan fingerprint density at radius 1 is 0.897 bits per heavy atom. The van der Waals surface area contributed by atoms with Crippen LogP contribution in [0.3, 0.4) is 0 Å². The van der Waals surface area contributed by atoms with Crippen LogP contribution in [0.2, 0.25) is 16.6 Å². The first kappa shape index (κ1) is 22.5. The van der Waals surface area contributed by atoms with Crippen molar-refractivity contribution in [2.24, 2.45) is 0 Å². The van der Waals surface area contributed by atoms with Crippen molar-refractivity contribution in [3.63, 3.8) is 0 Å². The number of phenolic OH excluding ortho intramolecular Hbond substituents is 1. The highest BCUT2D eigenvalue weighted by Gasteiger charge is 2.41. The number of hydrogen-bond acceptors (Lipinski definition) is 2. The lowest BCUT2D eigenvalue weighted by molar-refractivity contribution is 0.473. The molecule has 0 amide bonds. The lowest BCUT2D eigenvalue weighted by Gasteiger charge is -2.38. The monoisotopic (exact) mass is 401 g/mol. The standard InChI is InChI=1S/C26H31NOSi/c1-19(2)29(20(3)4,21(5)6)17-9-11-24(25-10-7-8-12-26(25)28)23-15-13-22(18-27)14-16-23/h7-8,10-16,19-21,28H,1-6H3/b24-11-. The molecule has 0 fully saturated rings. The number of aromatic hydroxyl groups is 1. The Labute approximate surface area is 176 Å². The maximum atomic E-state index is 10.4. The Morgan fingerprint density at radius 3 is 1.93 bits per heavy atom. The summed E-state index contributed by atoms with van der Waals surface area (Å²) in [4.78, 5) is 0. The molecule has 0 atom stereocenters. The van der Waals surface area contributed by atoms with Gasteiger partial charge in [0.2, 0.25) is 0 Å². The van der Waals surface area contributed by atoms with Crippen LogP contribution in [0.1, 0.15) is 58.2 Å². The minimum atomic E-state index is -1.84. The lowest BCUT2D eigenvalue weighted by Crippen LogP contribution is -2.43. The fourth-order valence-electron chi connectivity index (χ4n) is 4.41. The molecule has 29 heavy (non-hydrogen) atoms. The van der Waals surface area contributed by atoms with Gasteiger partial charge in [-0.25, -0.2) is 0 Å². The summed E-state index contributed by atoms with van der Waals surface area (Å²) in [6.45, 7) is 13.8. The third-order valence-corrected chi connectivity index (χ3v) is 12.2. The first-order valence-corrected chi connectivity index (χ1v) is 12.5. The van der Waals surface area contributed by atoms with Gasteiger partial charge in [-0.1, -0.05) is 77.8 Å². The van der Waals surface area contributed by atoms with Crippen LogP contribution in [0.5, 0.6) is 5.75 Å². The Morgan fingerprint density at radius 2 is 1.45 bits per heavy atom. The van der Waals surface area contributed by atoms with Crippen molar-refractivity contribution in [3.8, 4) is 23.3 Å². The van der Waals surface area contributed by atoms with Gasteiger partial charge in [0.15, 0.2) is 0 Å². The second-order valence-corrected chi connectivity index (χ2v) is 14.0. The predicted octanol–water partition coefficient (Wildman–Crippen LogP) is 6.92. The van der Waals surface area contributed by atoms with E-state index in [1.807, 2.05) is 36.4 Å². The third-order valence-electron chi connectivity index (χ3n) is 5.89. The highest BCUT2D eigenvalue weighted by molar-refractivity contribution is 6.90. The van der Waals surface area contributed by atoms with Gasteiger partial charge in [0.05, 0.1) is 11.6 Å². The number of allylic oxidation sites excluding steroid dienone is 1. The molecule has 0 aliphatic heterocycles. The maximum Gasteiger partial charge on any atom is 0.146 e. The SMILES string of the molecule is CC(C)[Si](C#C/C=C(/c1ccc(C#N)cc1)c1ccccc1O)(C(C)C)C(C)C. The predicted molar refractivity (Wildman–Crippen MR) is 125 cm³/mol. The topological polar surface area (TPSA) is 44.0 Å². The average molecular weight is 402 g/mol. The number of nitriles is 1. The Bertz CT molecular complexity index is 944. The maximum absolute atomic E-state index is 10.4. The highest BCUT2D eigenvalue weighted by atomic mass is 28.3. The number of benzene rings is 2. The van der Waals surface area contributed by atoms with Gasteiger partial charge in [0, 0.05) is 11.1 Å². The molecule has 2 nitrogen and oxygen atoms in total. The van der Waals surface area contributed by atoms with Crippen LogP contribution in [0.15, 0.2) is 54.6 Å². The van der Waals surface area contributed by atoms with E-state index in [1.165, 1.54) is 0 Å². The zero-order chi connectivity index (χ0) is 21.6. The molecule has 0 bridgehead atoms. The van der Waals surface area contributed by atoms with Gasteiger partial charge in [-0.2, -0.15) is 5.26 Å². The molecule has 0 aliphatic carbocycles. The Kier molecular flexibility index (Phi) is 7.49. The van der Waals surface area contributed by atoms with E-state index in [1.54, 1.807) is 18.2 Å². The summed E-state index contributed by atoms with van der Waals surface area (Å²) in [5.74, 6) is 3.62.